The smallest absolute Gasteiger partial charge is 0.230 e. The summed E-state index contributed by atoms with van der Waals surface area (Å²) in [7, 11) is 0. The Morgan fingerprint density at radius 3 is 2.83 bits per heavy atom. The predicted molar refractivity (Wildman–Crippen MR) is 99.5 cm³/mol. The highest BCUT2D eigenvalue weighted by atomic mass is 79.9. The standard InChI is InChI=1S/C18H22BrN3O2/c1-11-9-14(20)18-15(21-11)3-2-4-16(18)24-13-7-5-12(6-8-13)22-17(23)10-19/h2-4,9,12-13H,5-8,10H2,1H3,(H2,20,21)(H,22,23)/t12-,13-. The molecule has 0 saturated heterocycles. The van der Waals surface area contributed by atoms with Gasteiger partial charge in [-0.05, 0) is 50.8 Å². The van der Waals surface area contributed by atoms with E-state index in [0.29, 0.717) is 11.0 Å². The zero-order valence-electron chi connectivity index (χ0n) is 13.7. The van der Waals surface area contributed by atoms with Crippen LogP contribution in [0.2, 0.25) is 0 Å². The summed E-state index contributed by atoms with van der Waals surface area (Å²) in [5, 5.41) is 4.27. The van der Waals surface area contributed by atoms with Gasteiger partial charge in [-0.15, -0.1) is 0 Å². The molecule has 1 aliphatic carbocycles. The molecular weight excluding hydrogens is 370 g/mol. The van der Waals surface area contributed by atoms with Gasteiger partial charge in [-0.3, -0.25) is 9.78 Å². The monoisotopic (exact) mass is 391 g/mol. The van der Waals surface area contributed by atoms with Gasteiger partial charge < -0.3 is 15.8 Å². The second-order valence-electron chi connectivity index (χ2n) is 6.30. The molecule has 24 heavy (non-hydrogen) atoms. The molecule has 1 amide bonds. The molecule has 0 bridgehead atoms. The van der Waals surface area contributed by atoms with Gasteiger partial charge in [-0.25, -0.2) is 0 Å². The number of anilines is 1. The summed E-state index contributed by atoms with van der Waals surface area (Å²) in [5.41, 5.74) is 8.65. The van der Waals surface area contributed by atoms with Crippen molar-refractivity contribution in [3.8, 4) is 5.75 Å². The number of carbonyl (C=O) groups is 1. The molecular formula is C18H22BrN3O2. The number of carbonyl (C=O) groups excluding carboxylic acids is 1. The average Bonchev–Trinajstić information content (AvgIpc) is 2.56. The molecule has 1 saturated carbocycles. The summed E-state index contributed by atoms with van der Waals surface area (Å²) in [5.74, 6) is 0.841. The molecule has 1 heterocycles. The number of aryl methyl sites for hydroxylation is 1. The average molecular weight is 392 g/mol. The maximum absolute atomic E-state index is 11.5. The van der Waals surface area contributed by atoms with E-state index in [1.807, 2.05) is 31.2 Å². The normalized spacial score (nSPS) is 20.8. The summed E-state index contributed by atoms with van der Waals surface area (Å²) < 4.78 is 6.23. The highest BCUT2D eigenvalue weighted by molar-refractivity contribution is 9.09. The van der Waals surface area contributed by atoms with Crippen LogP contribution in [0, 0.1) is 6.92 Å². The number of fused-ring (bicyclic) bond motifs is 1. The zero-order valence-corrected chi connectivity index (χ0v) is 15.3. The highest BCUT2D eigenvalue weighted by Crippen LogP contribution is 2.33. The largest absolute Gasteiger partial charge is 0.490 e. The van der Waals surface area contributed by atoms with E-state index in [-0.39, 0.29) is 18.1 Å². The minimum atomic E-state index is 0.0441. The number of alkyl halides is 1. The number of hydrogen-bond donors (Lipinski definition) is 2. The van der Waals surface area contributed by atoms with Crippen LogP contribution in [-0.2, 0) is 4.79 Å². The number of nitrogens with one attached hydrogen (secondary N) is 1. The van der Waals surface area contributed by atoms with E-state index in [1.54, 1.807) is 0 Å². The Labute approximate surface area is 150 Å². The van der Waals surface area contributed by atoms with E-state index in [9.17, 15) is 4.79 Å². The number of nitrogen functional groups attached to an aromatic ring is 1. The summed E-state index contributed by atoms with van der Waals surface area (Å²) in [6.45, 7) is 1.94. The number of halogens is 1. The van der Waals surface area contributed by atoms with Crippen molar-refractivity contribution in [2.24, 2.45) is 0 Å². The van der Waals surface area contributed by atoms with Crippen LogP contribution in [-0.4, -0.2) is 28.4 Å². The van der Waals surface area contributed by atoms with Crippen LogP contribution in [0.25, 0.3) is 10.9 Å². The molecule has 5 nitrogen and oxygen atoms in total. The van der Waals surface area contributed by atoms with E-state index in [1.165, 1.54) is 0 Å². The fourth-order valence-corrected chi connectivity index (χ4v) is 3.45. The topological polar surface area (TPSA) is 77.2 Å². The third kappa shape index (κ3) is 3.80. The van der Waals surface area contributed by atoms with Gasteiger partial charge in [0.2, 0.25) is 5.91 Å². The summed E-state index contributed by atoms with van der Waals surface area (Å²) in [6, 6.07) is 7.98. The Morgan fingerprint density at radius 1 is 1.38 bits per heavy atom. The second-order valence-corrected chi connectivity index (χ2v) is 6.86. The molecule has 0 unspecified atom stereocenters. The first kappa shape index (κ1) is 17.0. The van der Waals surface area contributed by atoms with Crippen molar-refractivity contribution >= 4 is 38.4 Å². The van der Waals surface area contributed by atoms with Crippen LogP contribution >= 0.6 is 15.9 Å². The highest BCUT2D eigenvalue weighted by Gasteiger charge is 2.24. The third-order valence-electron chi connectivity index (χ3n) is 4.41. The lowest BCUT2D eigenvalue weighted by atomic mass is 9.93. The number of rotatable bonds is 4. The number of ether oxygens (including phenoxy) is 1. The van der Waals surface area contributed by atoms with Gasteiger partial charge in [-0.2, -0.15) is 0 Å². The maximum Gasteiger partial charge on any atom is 0.230 e. The Kier molecular flexibility index (Phi) is 5.23. The van der Waals surface area contributed by atoms with Crippen LogP contribution in [0.5, 0.6) is 5.75 Å². The van der Waals surface area contributed by atoms with Crippen molar-refractivity contribution in [1.82, 2.24) is 10.3 Å². The fourth-order valence-electron chi connectivity index (χ4n) is 3.29. The van der Waals surface area contributed by atoms with E-state index in [4.69, 9.17) is 10.5 Å². The Balaban J connectivity index is 1.70. The van der Waals surface area contributed by atoms with Crippen LogP contribution in [0.15, 0.2) is 24.3 Å². The molecule has 1 aliphatic rings. The quantitative estimate of drug-likeness (QED) is 0.783. The lowest BCUT2D eigenvalue weighted by molar-refractivity contribution is -0.119. The Hall–Kier alpha value is -1.82. The number of benzene rings is 1. The first-order valence-electron chi connectivity index (χ1n) is 8.24. The van der Waals surface area contributed by atoms with Crippen molar-refractivity contribution in [1.29, 1.82) is 0 Å². The SMILES string of the molecule is Cc1cc(N)c2c(O[C@H]3CC[C@H](NC(=O)CBr)CC3)cccc2n1. The summed E-state index contributed by atoms with van der Waals surface area (Å²) in [6.07, 6.45) is 3.85. The van der Waals surface area contributed by atoms with Gasteiger partial charge in [0.1, 0.15) is 5.75 Å². The number of amides is 1. The van der Waals surface area contributed by atoms with Crippen molar-refractivity contribution in [3.63, 3.8) is 0 Å². The van der Waals surface area contributed by atoms with Crippen molar-refractivity contribution in [2.75, 3.05) is 11.1 Å². The first-order chi connectivity index (χ1) is 11.6. The van der Waals surface area contributed by atoms with E-state index in [2.05, 4.69) is 26.2 Å². The van der Waals surface area contributed by atoms with Crippen LogP contribution in [0.1, 0.15) is 31.4 Å². The molecule has 6 heteroatoms. The minimum Gasteiger partial charge on any atom is -0.490 e. The molecule has 128 valence electrons. The molecule has 0 aliphatic heterocycles. The molecule has 2 aromatic rings. The molecule has 0 atom stereocenters. The molecule has 1 aromatic heterocycles. The lowest BCUT2D eigenvalue weighted by Crippen LogP contribution is -2.40. The summed E-state index contributed by atoms with van der Waals surface area (Å²) >= 11 is 3.18. The number of nitrogens with two attached hydrogens (primary N) is 1. The lowest BCUT2D eigenvalue weighted by Gasteiger charge is -2.29. The van der Waals surface area contributed by atoms with E-state index >= 15 is 0 Å². The number of hydrogen-bond acceptors (Lipinski definition) is 4. The van der Waals surface area contributed by atoms with Gasteiger partial charge in [0, 0.05) is 17.4 Å². The van der Waals surface area contributed by atoms with Crippen molar-refractivity contribution in [2.45, 2.75) is 44.8 Å². The molecule has 1 fully saturated rings. The minimum absolute atomic E-state index is 0.0441. The van der Waals surface area contributed by atoms with Crippen LogP contribution < -0.4 is 15.8 Å². The van der Waals surface area contributed by atoms with Gasteiger partial charge in [0.25, 0.3) is 0 Å². The van der Waals surface area contributed by atoms with Crippen molar-refractivity contribution < 1.29 is 9.53 Å². The van der Waals surface area contributed by atoms with Gasteiger partial charge >= 0.3 is 0 Å². The van der Waals surface area contributed by atoms with Gasteiger partial charge in [0.05, 0.1) is 22.3 Å². The van der Waals surface area contributed by atoms with E-state index in [0.717, 1.165) is 48.0 Å². The first-order valence-corrected chi connectivity index (χ1v) is 9.37. The maximum atomic E-state index is 11.5. The molecule has 3 N–H and O–H groups in total. The number of pyridine rings is 1. The Bertz CT molecular complexity index is 742. The molecule has 0 spiro atoms. The molecule has 3 rings (SSSR count). The van der Waals surface area contributed by atoms with E-state index < -0.39 is 0 Å². The second kappa shape index (κ2) is 7.38. The van der Waals surface area contributed by atoms with Crippen LogP contribution in [0.4, 0.5) is 5.69 Å². The number of nitrogens with zero attached hydrogens (tertiary/aromatic N) is 1. The predicted octanol–water partition coefficient (Wildman–Crippen LogP) is 3.33. The van der Waals surface area contributed by atoms with Crippen LogP contribution in [0.3, 0.4) is 0 Å². The zero-order chi connectivity index (χ0) is 17.1. The summed E-state index contributed by atoms with van der Waals surface area (Å²) in [4.78, 5) is 16.0. The van der Waals surface area contributed by atoms with Crippen molar-refractivity contribution in [3.05, 3.63) is 30.0 Å². The third-order valence-corrected chi connectivity index (χ3v) is 4.92. The number of aromatic nitrogens is 1. The van der Waals surface area contributed by atoms with Gasteiger partial charge in [0.15, 0.2) is 0 Å². The molecule has 1 aromatic carbocycles. The van der Waals surface area contributed by atoms with Gasteiger partial charge in [-0.1, -0.05) is 22.0 Å². The Morgan fingerprint density at radius 2 is 2.12 bits per heavy atom. The fraction of sp³-hybridized carbons (Fsp3) is 0.444. The molecule has 0 radical (unpaired) electrons.